The lowest BCUT2D eigenvalue weighted by Gasteiger charge is -2.22. The monoisotopic (exact) mass is 276 g/mol. The molecule has 1 aliphatic rings. The van der Waals surface area contributed by atoms with E-state index in [1.807, 2.05) is 13.8 Å². The Morgan fingerprint density at radius 3 is 2.45 bits per heavy atom. The molecule has 0 aliphatic carbocycles. The lowest BCUT2D eigenvalue weighted by atomic mass is 10.2. The van der Waals surface area contributed by atoms with Crippen LogP contribution in [0.25, 0.3) is 0 Å². The predicted octanol–water partition coefficient (Wildman–Crippen LogP) is 2.34. The van der Waals surface area contributed by atoms with Crippen LogP contribution in [0.1, 0.15) is 50.0 Å². The van der Waals surface area contributed by atoms with Crippen LogP contribution in [-0.2, 0) is 0 Å². The molecule has 5 nitrogen and oxygen atoms in total. The smallest absolute Gasteiger partial charge is 0.272 e. The second kappa shape index (κ2) is 7.22. The van der Waals surface area contributed by atoms with Gasteiger partial charge in [-0.25, -0.2) is 9.97 Å². The van der Waals surface area contributed by atoms with Gasteiger partial charge in [0.15, 0.2) is 0 Å². The number of amides is 1. The number of carbonyl (C=O) groups excluding carboxylic acids is 1. The second-order valence-electron chi connectivity index (χ2n) is 5.12. The van der Waals surface area contributed by atoms with Crippen molar-refractivity contribution in [3.8, 4) is 0 Å². The van der Waals surface area contributed by atoms with Gasteiger partial charge in [0.25, 0.3) is 5.91 Å². The van der Waals surface area contributed by atoms with Crippen molar-refractivity contribution in [2.45, 2.75) is 39.5 Å². The van der Waals surface area contributed by atoms with Crippen molar-refractivity contribution in [1.82, 2.24) is 14.9 Å². The zero-order chi connectivity index (χ0) is 14.4. The summed E-state index contributed by atoms with van der Waals surface area (Å²) in [4.78, 5) is 25.1. The van der Waals surface area contributed by atoms with Gasteiger partial charge in [0.1, 0.15) is 5.69 Å². The molecule has 20 heavy (non-hydrogen) atoms. The number of hydrogen-bond donors (Lipinski definition) is 0. The van der Waals surface area contributed by atoms with E-state index in [2.05, 4.69) is 14.9 Å². The molecule has 0 unspecified atom stereocenters. The van der Waals surface area contributed by atoms with Crippen molar-refractivity contribution >= 4 is 11.9 Å². The molecule has 0 saturated carbocycles. The number of nitrogens with zero attached hydrogens (tertiary/aromatic N) is 4. The third kappa shape index (κ3) is 3.46. The molecule has 0 N–H and O–H groups in total. The van der Waals surface area contributed by atoms with Gasteiger partial charge in [-0.2, -0.15) is 0 Å². The van der Waals surface area contributed by atoms with Crippen LogP contribution in [0.15, 0.2) is 12.3 Å². The van der Waals surface area contributed by atoms with E-state index in [4.69, 9.17) is 0 Å². The van der Waals surface area contributed by atoms with Crippen LogP contribution in [0.5, 0.6) is 0 Å². The second-order valence-corrected chi connectivity index (χ2v) is 5.12. The maximum absolute atomic E-state index is 12.3. The average molecular weight is 276 g/mol. The van der Waals surface area contributed by atoms with Gasteiger partial charge in [0.2, 0.25) is 5.95 Å². The third-order valence-corrected chi connectivity index (χ3v) is 3.80. The molecule has 1 saturated heterocycles. The normalized spacial score (nSPS) is 15.8. The first-order chi connectivity index (χ1) is 9.76. The molecule has 1 fully saturated rings. The van der Waals surface area contributed by atoms with Crippen molar-refractivity contribution in [2.24, 2.45) is 0 Å². The molecule has 2 rings (SSSR count). The van der Waals surface area contributed by atoms with Crippen molar-refractivity contribution in [3.05, 3.63) is 18.0 Å². The molecule has 0 bridgehead atoms. The van der Waals surface area contributed by atoms with Crippen LogP contribution in [0.2, 0.25) is 0 Å². The van der Waals surface area contributed by atoms with Crippen LogP contribution in [0.3, 0.4) is 0 Å². The summed E-state index contributed by atoms with van der Waals surface area (Å²) >= 11 is 0. The highest BCUT2D eigenvalue weighted by molar-refractivity contribution is 5.92. The number of anilines is 1. The molecule has 2 heterocycles. The minimum absolute atomic E-state index is 0.00604. The van der Waals surface area contributed by atoms with Gasteiger partial charge in [-0.1, -0.05) is 12.8 Å². The first-order valence-electron chi connectivity index (χ1n) is 7.63. The van der Waals surface area contributed by atoms with Crippen molar-refractivity contribution in [2.75, 3.05) is 31.1 Å². The predicted molar refractivity (Wildman–Crippen MR) is 80.0 cm³/mol. The van der Waals surface area contributed by atoms with E-state index in [1.54, 1.807) is 17.2 Å². The lowest BCUT2D eigenvalue weighted by molar-refractivity contribution is 0.0767. The first-order valence-corrected chi connectivity index (χ1v) is 7.63. The number of rotatable bonds is 4. The molecule has 0 atom stereocenters. The van der Waals surface area contributed by atoms with Gasteiger partial charge in [-0.3, -0.25) is 4.79 Å². The van der Waals surface area contributed by atoms with Gasteiger partial charge >= 0.3 is 0 Å². The van der Waals surface area contributed by atoms with E-state index in [1.165, 1.54) is 25.7 Å². The topological polar surface area (TPSA) is 49.3 Å². The molecule has 0 radical (unpaired) electrons. The zero-order valence-corrected chi connectivity index (χ0v) is 12.5. The molecule has 1 amide bonds. The van der Waals surface area contributed by atoms with Gasteiger partial charge in [0.05, 0.1) is 0 Å². The first kappa shape index (κ1) is 14.8. The minimum atomic E-state index is -0.00604. The SMILES string of the molecule is CCN(CC)C(=O)c1ccnc(N2CCCCCC2)n1. The summed E-state index contributed by atoms with van der Waals surface area (Å²) < 4.78 is 0. The van der Waals surface area contributed by atoms with Crippen molar-refractivity contribution < 1.29 is 4.79 Å². The van der Waals surface area contributed by atoms with E-state index in [0.29, 0.717) is 24.7 Å². The van der Waals surface area contributed by atoms with Crippen LogP contribution in [-0.4, -0.2) is 47.0 Å². The number of carbonyl (C=O) groups is 1. The van der Waals surface area contributed by atoms with Crippen LogP contribution >= 0.6 is 0 Å². The van der Waals surface area contributed by atoms with Gasteiger partial charge in [-0.15, -0.1) is 0 Å². The Morgan fingerprint density at radius 2 is 1.85 bits per heavy atom. The Balaban J connectivity index is 2.16. The summed E-state index contributed by atoms with van der Waals surface area (Å²) in [5.74, 6) is 0.693. The van der Waals surface area contributed by atoms with E-state index < -0.39 is 0 Å². The summed E-state index contributed by atoms with van der Waals surface area (Å²) in [5.41, 5.74) is 0.503. The summed E-state index contributed by atoms with van der Waals surface area (Å²) in [5, 5.41) is 0. The molecular formula is C15H24N4O. The molecule has 1 aromatic rings. The Hall–Kier alpha value is -1.65. The lowest BCUT2D eigenvalue weighted by Crippen LogP contribution is -2.32. The van der Waals surface area contributed by atoms with Crippen LogP contribution in [0.4, 0.5) is 5.95 Å². The van der Waals surface area contributed by atoms with Crippen LogP contribution < -0.4 is 4.90 Å². The largest absolute Gasteiger partial charge is 0.341 e. The highest BCUT2D eigenvalue weighted by atomic mass is 16.2. The molecular weight excluding hydrogens is 252 g/mol. The molecule has 1 aromatic heterocycles. The molecule has 5 heteroatoms. The standard InChI is InChI=1S/C15H24N4O/c1-3-18(4-2)14(20)13-9-10-16-15(17-13)19-11-7-5-6-8-12-19/h9-10H,3-8,11-12H2,1-2H3. The Bertz CT molecular complexity index is 437. The molecule has 0 spiro atoms. The van der Waals surface area contributed by atoms with Gasteiger partial charge < -0.3 is 9.80 Å². The van der Waals surface area contributed by atoms with Gasteiger partial charge in [0, 0.05) is 32.4 Å². The minimum Gasteiger partial charge on any atom is -0.341 e. The Labute approximate surface area is 121 Å². The highest BCUT2D eigenvalue weighted by Crippen LogP contribution is 2.15. The quantitative estimate of drug-likeness (QED) is 0.847. The fourth-order valence-corrected chi connectivity index (χ4v) is 2.56. The summed E-state index contributed by atoms with van der Waals surface area (Å²) in [7, 11) is 0. The molecule has 1 aliphatic heterocycles. The Morgan fingerprint density at radius 1 is 1.20 bits per heavy atom. The van der Waals surface area contributed by atoms with Gasteiger partial charge in [-0.05, 0) is 32.8 Å². The fourth-order valence-electron chi connectivity index (χ4n) is 2.56. The van der Waals surface area contributed by atoms with Crippen LogP contribution in [0, 0.1) is 0 Å². The van der Waals surface area contributed by atoms with E-state index in [0.717, 1.165) is 13.1 Å². The summed E-state index contributed by atoms with van der Waals surface area (Å²) in [6, 6.07) is 1.71. The highest BCUT2D eigenvalue weighted by Gasteiger charge is 2.17. The molecule has 0 aromatic carbocycles. The third-order valence-electron chi connectivity index (χ3n) is 3.80. The number of aromatic nitrogens is 2. The van der Waals surface area contributed by atoms with Crippen molar-refractivity contribution in [3.63, 3.8) is 0 Å². The average Bonchev–Trinajstić information content (AvgIpc) is 2.77. The van der Waals surface area contributed by atoms with E-state index in [-0.39, 0.29) is 5.91 Å². The number of hydrogen-bond acceptors (Lipinski definition) is 4. The summed E-state index contributed by atoms with van der Waals surface area (Å²) in [6.45, 7) is 7.36. The fraction of sp³-hybridized carbons (Fsp3) is 0.667. The van der Waals surface area contributed by atoms with E-state index >= 15 is 0 Å². The molecule has 110 valence electrons. The maximum atomic E-state index is 12.3. The maximum Gasteiger partial charge on any atom is 0.272 e. The Kier molecular flexibility index (Phi) is 5.32. The zero-order valence-electron chi connectivity index (χ0n) is 12.5. The van der Waals surface area contributed by atoms with Crippen molar-refractivity contribution in [1.29, 1.82) is 0 Å². The van der Waals surface area contributed by atoms with E-state index in [9.17, 15) is 4.79 Å². The summed E-state index contributed by atoms with van der Waals surface area (Å²) in [6.07, 6.45) is 6.60.